The first kappa shape index (κ1) is 37.3. The molecule has 0 aliphatic carbocycles. The van der Waals surface area contributed by atoms with Gasteiger partial charge in [-0.05, 0) is 43.7 Å². The molecule has 0 saturated heterocycles. The van der Waals surface area contributed by atoms with Crippen LogP contribution < -0.4 is 4.74 Å². The van der Waals surface area contributed by atoms with Crippen molar-refractivity contribution in [2.24, 2.45) is 0 Å². The third kappa shape index (κ3) is 16.2. The highest BCUT2D eigenvalue weighted by molar-refractivity contribution is 5.71. The molecule has 0 fully saturated rings. The normalized spacial score (nSPS) is 12.2. The van der Waals surface area contributed by atoms with Gasteiger partial charge in [0.15, 0.2) is 0 Å². The minimum atomic E-state index is 0.800. The minimum Gasteiger partial charge on any atom is -0.493 e. The van der Waals surface area contributed by atoms with Crippen LogP contribution in [0, 0.1) is 0 Å². The fraction of sp³-hybridized carbons (Fsp3) is 0.700. The maximum atomic E-state index is 6.51. The van der Waals surface area contributed by atoms with Gasteiger partial charge in [0.25, 0.3) is 0 Å². The van der Waals surface area contributed by atoms with Gasteiger partial charge in [0.2, 0.25) is 0 Å². The van der Waals surface area contributed by atoms with E-state index in [-0.39, 0.29) is 0 Å². The second-order valence-electron chi connectivity index (χ2n) is 14.6. The maximum Gasteiger partial charge on any atom is 0.127 e. The van der Waals surface area contributed by atoms with E-state index in [1.165, 1.54) is 132 Å². The predicted octanol–water partition coefficient (Wildman–Crippen LogP) is 11.2. The van der Waals surface area contributed by atoms with E-state index in [1.807, 2.05) is 0 Å². The largest absolute Gasteiger partial charge is 0.493 e. The van der Waals surface area contributed by atoms with Crippen LogP contribution in [0.2, 0.25) is 0 Å². The highest BCUT2D eigenvalue weighted by atomic mass is 16.5. The molecule has 0 saturated carbocycles. The Morgan fingerprint density at radius 2 is 0.930 bits per heavy atom. The molecule has 43 heavy (non-hydrogen) atoms. The first-order valence-corrected chi connectivity index (χ1v) is 18.2. The van der Waals surface area contributed by atoms with Gasteiger partial charge < -0.3 is 13.7 Å². The van der Waals surface area contributed by atoms with Gasteiger partial charge in [-0.3, -0.25) is 0 Å². The van der Waals surface area contributed by atoms with E-state index in [9.17, 15) is 0 Å². The molecule has 0 aromatic heterocycles. The first-order chi connectivity index (χ1) is 20.7. The zero-order valence-corrected chi connectivity index (χ0v) is 29.7. The van der Waals surface area contributed by atoms with Crippen LogP contribution in [0.1, 0.15) is 135 Å². The van der Waals surface area contributed by atoms with E-state index in [2.05, 4.69) is 91.4 Å². The zero-order valence-electron chi connectivity index (χ0n) is 29.7. The molecule has 0 radical (unpaired) electrons. The van der Waals surface area contributed by atoms with Crippen molar-refractivity contribution in [3.05, 3.63) is 53.6 Å². The van der Waals surface area contributed by atoms with Crippen LogP contribution >= 0.6 is 0 Å². The van der Waals surface area contributed by atoms with E-state index in [0.29, 0.717) is 0 Å². The highest BCUT2D eigenvalue weighted by Gasteiger charge is 2.19. The van der Waals surface area contributed by atoms with Gasteiger partial charge >= 0.3 is 0 Å². The van der Waals surface area contributed by atoms with E-state index < -0.39 is 0 Å². The number of hydrogen-bond acceptors (Lipinski definition) is 1. The Kier molecular flexibility index (Phi) is 18.2. The van der Waals surface area contributed by atoms with Gasteiger partial charge in [-0.2, -0.15) is 0 Å². The maximum absolute atomic E-state index is 6.51. The second-order valence-corrected chi connectivity index (χ2v) is 14.6. The topological polar surface area (TPSA) is 9.23 Å². The number of rotatable bonds is 25. The van der Waals surface area contributed by atoms with Gasteiger partial charge in [-0.15, -0.1) is 0 Å². The summed E-state index contributed by atoms with van der Waals surface area (Å²) in [6, 6.07) is 16.3. The SMILES string of the molecule is CCCCCCCC[N+](C)(C)Cc1ccc(-c2ccc(C[N+](C)(C)CCCCCCCC)cc2OCCCCCC)cc1. The van der Waals surface area contributed by atoms with Gasteiger partial charge in [0, 0.05) is 16.7 Å². The number of nitrogens with zero attached hydrogens (tertiary/aromatic N) is 2. The van der Waals surface area contributed by atoms with Gasteiger partial charge in [-0.25, -0.2) is 0 Å². The van der Waals surface area contributed by atoms with Crippen molar-refractivity contribution >= 4 is 0 Å². The van der Waals surface area contributed by atoms with Crippen molar-refractivity contribution in [1.82, 2.24) is 0 Å². The smallest absolute Gasteiger partial charge is 0.127 e. The van der Waals surface area contributed by atoms with Crippen LogP contribution in [0.5, 0.6) is 5.75 Å². The van der Waals surface area contributed by atoms with E-state index in [0.717, 1.165) is 40.8 Å². The number of benzene rings is 2. The molecule has 3 heteroatoms. The molecule has 0 aliphatic heterocycles. The van der Waals surface area contributed by atoms with E-state index in [4.69, 9.17) is 4.74 Å². The Hall–Kier alpha value is -1.84. The summed E-state index contributed by atoms with van der Waals surface area (Å²) in [5, 5.41) is 0. The van der Waals surface area contributed by atoms with Crippen LogP contribution in [0.25, 0.3) is 11.1 Å². The molecule has 2 aromatic carbocycles. The summed E-state index contributed by atoms with van der Waals surface area (Å²) >= 11 is 0. The molecule has 0 bridgehead atoms. The molecule has 244 valence electrons. The molecule has 0 heterocycles. The number of unbranched alkanes of at least 4 members (excludes halogenated alkanes) is 13. The van der Waals surface area contributed by atoms with Crippen molar-refractivity contribution in [3.63, 3.8) is 0 Å². The lowest BCUT2D eigenvalue weighted by Gasteiger charge is -2.30. The molecule has 0 unspecified atom stereocenters. The van der Waals surface area contributed by atoms with Crippen molar-refractivity contribution in [2.75, 3.05) is 47.9 Å². The van der Waals surface area contributed by atoms with Crippen molar-refractivity contribution < 1.29 is 13.7 Å². The average Bonchev–Trinajstić information content (AvgIpc) is 2.97. The Morgan fingerprint density at radius 1 is 0.488 bits per heavy atom. The Bertz CT molecular complexity index is 978. The van der Waals surface area contributed by atoms with Crippen LogP contribution in [-0.2, 0) is 13.1 Å². The monoisotopic (exact) mass is 595 g/mol. The molecule has 3 nitrogen and oxygen atoms in total. The predicted molar refractivity (Wildman–Crippen MR) is 190 cm³/mol. The third-order valence-corrected chi connectivity index (χ3v) is 9.02. The second kappa shape index (κ2) is 21.0. The quantitative estimate of drug-likeness (QED) is 0.0820. The molecule has 2 rings (SSSR count). The molecule has 2 aromatic rings. The molecular weight excluding hydrogens is 524 g/mol. The van der Waals surface area contributed by atoms with Crippen molar-refractivity contribution in [3.8, 4) is 16.9 Å². The molecular formula is C40H70N2O+2. The molecule has 0 amide bonds. The van der Waals surface area contributed by atoms with Crippen LogP contribution in [0.4, 0.5) is 0 Å². The Labute approximate surface area is 268 Å². The van der Waals surface area contributed by atoms with Crippen molar-refractivity contribution in [1.29, 1.82) is 0 Å². The lowest BCUT2D eigenvalue weighted by atomic mass is 10.00. The van der Waals surface area contributed by atoms with E-state index in [1.54, 1.807) is 0 Å². The van der Waals surface area contributed by atoms with Crippen LogP contribution in [0.15, 0.2) is 42.5 Å². The van der Waals surface area contributed by atoms with Crippen molar-refractivity contribution in [2.45, 2.75) is 137 Å². The lowest BCUT2D eigenvalue weighted by Crippen LogP contribution is -2.39. The summed E-state index contributed by atoms with van der Waals surface area (Å²) in [7, 11) is 9.54. The molecule has 0 atom stereocenters. The Balaban J connectivity index is 2.06. The third-order valence-electron chi connectivity index (χ3n) is 9.02. The van der Waals surface area contributed by atoms with Gasteiger partial charge in [0.05, 0.1) is 47.9 Å². The number of quaternary nitrogens is 2. The number of ether oxygens (including phenoxy) is 1. The van der Waals surface area contributed by atoms with Gasteiger partial charge in [0.1, 0.15) is 18.8 Å². The first-order valence-electron chi connectivity index (χ1n) is 18.2. The molecule has 0 aliphatic rings. The zero-order chi connectivity index (χ0) is 31.4. The summed E-state index contributed by atoms with van der Waals surface area (Å²) in [5.41, 5.74) is 5.30. The molecule has 0 spiro atoms. The fourth-order valence-electron chi connectivity index (χ4n) is 6.31. The van der Waals surface area contributed by atoms with Crippen LogP contribution in [-0.4, -0.2) is 56.9 Å². The van der Waals surface area contributed by atoms with Crippen LogP contribution in [0.3, 0.4) is 0 Å². The number of hydrogen-bond donors (Lipinski definition) is 0. The summed E-state index contributed by atoms with van der Waals surface area (Å²) in [6.45, 7) is 12.3. The van der Waals surface area contributed by atoms with E-state index >= 15 is 0 Å². The fourth-order valence-corrected chi connectivity index (χ4v) is 6.31. The lowest BCUT2D eigenvalue weighted by molar-refractivity contribution is -0.903. The average molecular weight is 595 g/mol. The highest BCUT2D eigenvalue weighted by Crippen LogP contribution is 2.33. The molecule has 0 N–H and O–H groups in total. The standard InChI is InChI=1S/C40H70N2O/c1-8-11-14-17-19-21-30-41(4,5)34-36-24-27-38(28-25-36)39-29-26-37(33-40(39)43-32-23-16-13-10-3)35-42(6,7)31-22-20-18-15-12-9-2/h24-29,33H,8-23,30-32,34-35H2,1-7H3/q+2. The summed E-state index contributed by atoms with van der Waals surface area (Å²) < 4.78 is 8.60. The summed E-state index contributed by atoms with van der Waals surface area (Å²) in [5.74, 6) is 1.06. The summed E-state index contributed by atoms with van der Waals surface area (Å²) in [6.07, 6.45) is 21.3. The minimum absolute atomic E-state index is 0.800. The Morgan fingerprint density at radius 3 is 1.47 bits per heavy atom. The van der Waals surface area contributed by atoms with Gasteiger partial charge in [-0.1, -0.05) is 128 Å². The summed E-state index contributed by atoms with van der Waals surface area (Å²) in [4.78, 5) is 0.